The van der Waals surface area contributed by atoms with Gasteiger partial charge in [-0.2, -0.15) is 0 Å². The van der Waals surface area contributed by atoms with E-state index in [0.717, 1.165) is 44.5 Å². The standard InChI is InChI=1S/C38H24N2O2/c39-35(41)27-17-13-25(14-18-27)21-23-37-29-7-1-2-8-30(29)38(33-11-5-3-9-31(33)37,34-12-6-4-10-32(34)37)24-22-26-15-19-28(20-16-26)36(40)42/h1-20H,(H2,39,41)(H2,40,42). The van der Waals surface area contributed by atoms with E-state index in [1.54, 1.807) is 24.3 Å². The zero-order chi connectivity index (χ0) is 28.9. The van der Waals surface area contributed by atoms with Gasteiger partial charge in [-0.15, -0.1) is 0 Å². The van der Waals surface area contributed by atoms with E-state index in [1.165, 1.54) is 0 Å². The summed E-state index contributed by atoms with van der Waals surface area (Å²) in [7, 11) is 0. The van der Waals surface area contributed by atoms with Crippen molar-refractivity contribution in [3.8, 4) is 23.7 Å². The lowest BCUT2D eigenvalue weighted by molar-refractivity contribution is 0.0992. The average Bonchev–Trinajstić information content (AvgIpc) is 3.03. The van der Waals surface area contributed by atoms with Gasteiger partial charge in [-0.25, -0.2) is 0 Å². The minimum atomic E-state index is -0.724. The molecule has 0 saturated heterocycles. The van der Waals surface area contributed by atoms with Gasteiger partial charge < -0.3 is 11.5 Å². The zero-order valence-corrected chi connectivity index (χ0v) is 22.5. The molecule has 2 bridgehead atoms. The van der Waals surface area contributed by atoms with E-state index in [9.17, 15) is 9.59 Å². The zero-order valence-electron chi connectivity index (χ0n) is 22.5. The molecule has 0 aliphatic heterocycles. The van der Waals surface area contributed by atoms with E-state index in [-0.39, 0.29) is 0 Å². The lowest BCUT2D eigenvalue weighted by Crippen LogP contribution is -2.49. The van der Waals surface area contributed by atoms with Crippen LogP contribution in [0.15, 0.2) is 121 Å². The second-order valence-electron chi connectivity index (χ2n) is 10.5. The molecule has 4 nitrogen and oxygen atoms in total. The molecule has 5 aromatic carbocycles. The van der Waals surface area contributed by atoms with E-state index in [0.29, 0.717) is 11.1 Å². The van der Waals surface area contributed by atoms with Crippen molar-refractivity contribution in [1.29, 1.82) is 0 Å². The van der Waals surface area contributed by atoms with Gasteiger partial charge in [0, 0.05) is 22.3 Å². The molecule has 0 spiro atoms. The van der Waals surface area contributed by atoms with Crippen molar-refractivity contribution in [2.45, 2.75) is 10.8 Å². The smallest absolute Gasteiger partial charge is 0.248 e. The number of hydrogen-bond donors (Lipinski definition) is 2. The number of nitrogens with two attached hydrogens (primary N) is 2. The fourth-order valence-electron chi connectivity index (χ4n) is 6.45. The molecule has 4 heteroatoms. The summed E-state index contributed by atoms with van der Waals surface area (Å²) in [5.41, 5.74) is 18.5. The molecule has 42 heavy (non-hydrogen) atoms. The summed E-state index contributed by atoms with van der Waals surface area (Å²) in [4.78, 5) is 23.2. The minimum Gasteiger partial charge on any atom is -0.366 e. The van der Waals surface area contributed by atoms with Gasteiger partial charge in [-0.05, 0) is 81.9 Å². The van der Waals surface area contributed by atoms with Crippen LogP contribution in [0.5, 0.6) is 0 Å². The summed E-state index contributed by atoms with van der Waals surface area (Å²) in [5.74, 6) is 13.3. The lowest BCUT2D eigenvalue weighted by Gasteiger charge is -2.52. The molecule has 0 saturated carbocycles. The normalized spacial score (nSPS) is 18.7. The molecule has 0 fully saturated rings. The Kier molecular flexibility index (Phi) is 5.61. The van der Waals surface area contributed by atoms with Crippen LogP contribution in [0.4, 0.5) is 0 Å². The molecule has 4 N–H and O–H groups in total. The Hall–Kier alpha value is -5.84. The number of benzene rings is 5. The first-order chi connectivity index (χ1) is 20.4. The van der Waals surface area contributed by atoms with E-state index < -0.39 is 22.6 Å². The van der Waals surface area contributed by atoms with Gasteiger partial charge in [-0.3, -0.25) is 9.59 Å². The van der Waals surface area contributed by atoms with Crippen molar-refractivity contribution in [2.24, 2.45) is 11.5 Å². The fraction of sp³-hybridized carbons (Fsp3) is 0.0526. The Morgan fingerprint density at radius 3 is 0.929 bits per heavy atom. The Morgan fingerprint density at radius 1 is 0.429 bits per heavy atom. The quantitative estimate of drug-likeness (QED) is 0.299. The molecule has 0 aromatic heterocycles. The first kappa shape index (κ1) is 25.1. The number of rotatable bonds is 2. The number of primary amides is 2. The number of carbonyl (C=O) groups excluding carboxylic acids is 2. The second-order valence-corrected chi connectivity index (χ2v) is 10.5. The largest absolute Gasteiger partial charge is 0.366 e. The highest BCUT2D eigenvalue weighted by atomic mass is 16.1. The first-order valence-corrected chi connectivity index (χ1v) is 13.6. The van der Waals surface area contributed by atoms with Gasteiger partial charge >= 0.3 is 0 Å². The molecule has 198 valence electrons. The van der Waals surface area contributed by atoms with Gasteiger partial charge in [0.1, 0.15) is 10.8 Å². The van der Waals surface area contributed by atoms with Crippen LogP contribution >= 0.6 is 0 Å². The van der Waals surface area contributed by atoms with Crippen LogP contribution in [-0.4, -0.2) is 11.8 Å². The van der Waals surface area contributed by atoms with Crippen molar-refractivity contribution in [1.82, 2.24) is 0 Å². The highest BCUT2D eigenvalue weighted by Gasteiger charge is 2.57. The van der Waals surface area contributed by atoms with Crippen LogP contribution in [0.2, 0.25) is 0 Å². The van der Waals surface area contributed by atoms with Gasteiger partial charge in [-0.1, -0.05) is 96.5 Å². The Labute approximate surface area is 244 Å². The van der Waals surface area contributed by atoms with Crippen LogP contribution in [0.25, 0.3) is 0 Å². The van der Waals surface area contributed by atoms with Gasteiger partial charge in [0.15, 0.2) is 0 Å². The fourth-order valence-corrected chi connectivity index (χ4v) is 6.45. The summed E-state index contributed by atoms with van der Waals surface area (Å²) in [5, 5.41) is 0. The van der Waals surface area contributed by atoms with Crippen LogP contribution in [0.1, 0.15) is 65.2 Å². The predicted molar refractivity (Wildman–Crippen MR) is 163 cm³/mol. The van der Waals surface area contributed by atoms with Crippen molar-refractivity contribution in [2.75, 3.05) is 0 Å². The Morgan fingerprint density at radius 2 is 0.690 bits per heavy atom. The second kappa shape index (κ2) is 9.37. The lowest BCUT2D eigenvalue weighted by atomic mass is 9.47. The minimum absolute atomic E-state index is 0.447. The summed E-state index contributed by atoms with van der Waals surface area (Å²) in [6.45, 7) is 0. The van der Waals surface area contributed by atoms with Crippen molar-refractivity contribution in [3.05, 3.63) is 177 Å². The first-order valence-electron chi connectivity index (χ1n) is 13.6. The molecule has 3 aliphatic carbocycles. The molecule has 2 amide bonds. The molecular formula is C38H24N2O2. The van der Waals surface area contributed by atoms with Crippen LogP contribution < -0.4 is 11.5 Å². The molecular weight excluding hydrogens is 516 g/mol. The highest BCUT2D eigenvalue weighted by Crippen LogP contribution is 2.61. The summed E-state index contributed by atoms with van der Waals surface area (Å²) < 4.78 is 0. The summed E-state index contributed by atoms with van der Waals surface area (Å²) in [6, 6.07) is 39.4. The Bertz CT molecular complexity index is 1780. The van der Waals surface area contributed by atoms with Crippen LogP contribution in [0, 0.1) is 23.7 Å². The summed E-state index contributed by atoms with van der Waals surface area (Å²) >= 11 is 0. The molecule has 8 rings (SSSR count). The number of hydrogen-bond acceptors (Lipinski definition) is 2. The van der Waals surface area contributed by atoms with Crippen LogP contribution in [-0.2, 0) is 10.8 Å². The van der Waals surface area contributed by atoms with Gasteiger partial charge in [0.25, 0.3) is 0 Å². The SMILES string of the molecule is NC(=O)c1ccc(C#CC23c4ccccc4C(C#Cc4ccc(C(N)=O)cc4)(c4ccccc42)c2ccccc23)cc1. The van der Waals surface area contributed by atoms with E-state index in [1.807, 2.05) is 24.3 Å². The average molecular weight is 541 g/mol. The van der Waals surface area contributed by atoms with Crippen LogP contribution in [0.3, 0.4) is 0 Å². The topological polar surface area (TPSA) is 86.2 Å². The van der Waals surface area contributed by atoms with Crippen molar-refractivity contribution in [3.63, 3.8) is 0 Å². The third-order valence-electron chi connectivity index (χ3n) is 8.33. The highest BCUT2D eigenvalue weighted by molar-refractivity contribution is 5.93. The molecule has 0 unspecified atom stereocenters. The third kappa shape index (κ3) is 3.53. The number of carbonyl (C=O) groups is 2. The Balaban J connectivity index is 1.50. The molecule has 0 radical (unpaired) electrons. The van der Waals surface area contributed by atoms with Gasteiger partial charge in [0.2, 0.25) is 11.8 Å². The predicted octanol–water partition coefficient (Wildman–Crippen LogP) is 5.28. The molecule has 0 heterocycles. The molecule has 3 aliphatic rings. The van der Waals surface area contributed by atoms with Crippen molar-refractivity contribution < 1.29 is 9.59 Å². The summed E-state index contributed by atoms with van der Waals surface area (Å²) in [6.07, 6.45) is 0. The molecule has 5 aromatic rings. The monoisotopic (exact) mass is 540 g/mol. The number of amides is 2. The van der Waals surface area contributed by atoms with E-state index in [2.05, 4.69) is 96.5 Å². The maximum atomic E-state index is 11.6. The maximum Gasteiger partial charge on any atom is 0.248 e. The van der Waals surface area contributed by atoms with E-state index in [4.69, 9.17) is 11.5 Å². The van der Waals surface area contributed by atoms with E-state index >= 15 is 0 Å². The maximum absolute atomic E-state index is 11.6. The van der Waals surface area contributed by atoms with Crippen molar-refractivity contribution >= 4 is 11.8 Å². The molecule has 0 atom stereocenters. The van der Waals surface area contributed by atoms with Gasteiger partial charge in [0.05, 0.1) is 0 Å². The third-order valence-corrected chi connectivity index (χ3v) is 8.33.